The first kappa shape index (κ1) is 8.79. The van der Waals surface area contributed by atoms with Crippen LogP contribution in [0.15, 0.2) is 21.5 Å². The number of alkyl halides is 3. The van der Waals surface area contributed by atoms with E-state index in [1.54, 1.807) is 0 Å². The van der Waals surface area contributed by atoms with Crippen LogP contribution in [0.1, 0.15) is 5.56 Å². The van der Waals surface area contributed by atoms with Crippen LogP contribution in [-0.2, 0) is 6.18 Å². The second kappa shape index (κ2) is 2.60. The highest BCUT2D eigenvalue weighted by atomic mass is 19.4. The van der Waals surface area contributed by atoms with E-state index in [-0.39, 0.29) is 11.2 Å². The number of halogens is 3. The Labute approximate surface area is 74.4 Å². The lowest BCUT2D eigenvalue weighted by molar-refractivity contribution is -0.137. The molecule has 2 heterocycles. The molecule has 0 bridgehead atoms. The van der Waals surface area contributed by atoms with Crippen LogP contribution in [0.25, 0.3) is 11.2 Å². The Morgan fingerprint density at radius 1 is 1.43 bits per heavy atom. The first-order valence-electron chi connectivity index (χ1n) is 3.53. The third kappa shape index (κ3) is 1.36. The molecule has 0 aliphatic rings. The molecule has 0 radical (unpaired) electrons. The third-order valence-corrected chi connectivity index (χ3v) is 1.60. The molecule has 2 rings (SSSR count). The molecule has 0 saturated carbocycles. The van der Waals surface area contributed by atoms with Crippen molar-refractivity contribution in [2.24, 2.45) is 0 Å². The maximum Gasteiger partial charge on any atom is 0.418 e. The number of rotatable bonds is 0. The molecule has 0 saturated heterocycles. The van der Waals surface area contributed by atoms with Crippen LogP contribution in [0.4, 0.5) is 13.2 Å². The van der Waals surface area contributed by atoms with Gasteiger partial charge in [-0.15, -0.1) is 0 Å². The van der Waals surface area contributed by atoms with Crippen LogP contribution in [0, 0.1) is 0 Å². The van der Waals surface area contributed by atoms with Crippen molar-refractivity contribution in [3.8, 4) is 0 Å². The summed E-state index contributed by atoms with van der Waals surface area (Å²) < 4.78 is 40.9. The summed E-state index contributed by atoms with van der Waals surface area (Å²) in [6.07, 6.45) is -3.87. The van der Waals surface area contributed by atoms with E-state index in [9.17, 15) is 18.0 Å². The van der Waals surface area contributed by atoms with Crippen LogP contribution < -0.4 is 5.76 Å². The summed E-state index contributed by atoms with van der Waals surface area (Å²) >= 11 is 0. The molecule has 14 heavy (non-hydrogen) atoms. The number of fused-ring (bicyclic) bond motifs is 1. The number of pyridine rings is 1. The van der Waals surface area contributed by atoms with E-state index in [0.717, 1.165) is 6.07 Å². The Morgan fingerprint density at radius 2 is 2.14 bits per heavy atom. The number of H-pyrrole nitrogens is 1. The van der Waals surface area contributed by atoms with Gasteiger partial charge in [0.2, 0.25) is 5.71 Å². The predicted octanol–water partition coefficient (Wildman–Crippen LogP) is 1.53. The fraction of sp³-hybridized carbons (Fsp3) is 0.143. The van der Waals surface area contributed by atoms with Crippen LogP contribution >= 0.6 is 0 Å². The fourth-order valence-electron chi connectivity index (χ4n) is 1.00. The molecule has 2 aromatic heterocycles. The molecule has 0 spiro atoms. The van der Waals surface area contributed by atoms with Gasteiger partial charge in [0.15, 0.2) is 0 Å². The topological polar surface area (TPSA) is 58.9 Å². The number of oxazole rings is 1. The molecule has 0 aromatic carbocycles. The number of nitrogens with one attached hydrogen (secondary N) is 1. The lowest BCUT2D eigenvalue weighted by atomic mass is 10.3. The van der Waals surface area contributed by atoms with Crippen LogP contribution in [0.2, 0.25) is 0 Å². The predicted molar refractivity (Wildman–Crippen MR) is 39.6 cm³/mol. The van der Waals surface area contributed by atoms with E-state index in [1.165, 1.54) is 0 Å². The Kier molecular flexibility index (Phi) is 1.63. The van der Waals surface area contributed by atoms with Crippen molar-refractivity contribution in [1.29, 1.82) is 0 Å². The van der Waals surface area contributed by atoms with Gasteiger partial charge in [-0.1, -0.05) is 0 Å². The molecule has 0 atom stereocenters. The molecule has 4 nitrogen and oxygen atoms in total. The molecule has 0 aliphatic carbocycles. The van der Waals surface area contributed by atoms with E-state index in [2.05, 4.69) is 14.4 Å². The van der Waals surface area contributed by atoms with Gasteiger partial charge in [0.25, 0.3) is 0 Å². The van der Waals surface area contributed by atoms with Gasteiger partial charge in [0.1, 0.15) is 5.52 Å². The van der Waals surface area contributed by atoms with Gasteiger partial charge in [-0.3, -0.25) is 4.98 Å². The molecule has 1 N–H and O–H groups in total. The van der Waals surface area contributed by atoms with Gasteiger partial charge < -0.3 is 4.42 Å². The van der Waals surface area contributed by atoms with Crippen molar-refractivity contribution in [2.45, 2.75) is 6.18 Å². The molecular formula is C7H3F3N2O2. The van der Waals surface area contributed by atoms with Crippen molar-refractivity contribution in [2.75, 3.05) is 0 Å². The molecule has 0 aliphatic heterocycles. The number of nitrogens with zero attached hydrogens (tertiary/aromatic N) is 1. The van der Waals surface area contributed by atoms with Crippen molar-refractivity contribution in [1.82, 2.24) is 9.97 Å². The van der Waals surface area contributed by atoms with Gasteiger partial charge in [0.05, 0.1) is 5.56 Å². The highest BCUT2D eigenvalue weighted by Gasteiger charge is 2.31. The second-order valence-corrected chi connectivity index (χ2v) is 2.59. The van der Waals surface area contributed by atoms with Crippen molar-refractivity contribution >= 4 is 11.2 Å². The van der Waals surface area contributed by atoms with Gasteiger partial charge in [-0.2, -0.15) is 13.2 Å². The highest BCUT2D eigenvalue weighted by Crippen LogP contribution is 2.29. The molecule has 0 unspecified atom stereocenters. The average molecular weight is 204 g/mol. The second-order valence-electron chi connectivity index (χ2n) is 2.59. The zero-order chi connectivity index (χ0) is 10.3. The molecule has 74 valence electrons. The van der Waals surface area contributed by atoms with Crippen LogP contribution in [-0.4, -0.2) is 9.97 Å². The Bertz CT molecular complexity index is 525. The molecule has 7 heteroatoms. The average Bonchev–Trinajstić information content (AvgIpc) is 2.41. The van der Waals surface area contributed by atoms with Crippen molar-refractivity contribution in [3.05, 3.63) is 28.4 Å². The summed E-state index contributed by atoms with van der Waals surface area (Å²) in [5, 5.41) is 0. The molecule has 2 aromatic rings. The molecule has 0 fully saturated rings. The minimum absolute atomic E-state index is 0.0650. The summed E-state index contributed by atoms with van der Waals surface area (Å²) in [4.78, 5) is 16.0. The fourth-order valence-corrected chi connectivity index (χ4v) is 1.00. The van der Waals surface area contributed by atoms with Gasteiger partial charge in [-0.05, 0) is 6.07 Å². The summed E-state index contributed by atoms with van der Waals surface area (Å²) in [5.74, 6) is -0.827. The lowest BCUT2D eigenvalue weighted by Crippen LogP contribution is -2.05. The highest BCUT2D eigenvalue weighted by molar-refractivity contribution is 5.67. The smallest absolute Gasteiger partial charge is 0.389 e. The van der Waals surface area contributed by atoms with Crippen LogP contribution in [0.5, 0.6) is 0 Å². The van der Waals surface area contributed by atoms with E-state index in [4.69, 9.17) is 0 Å². The minimum atomic E-state index is -4.48. The third-order valence-electron chi connectivity index (χ3n) is 1.60. The van der Waals surface area contributed by atoms with Crippen molar-refractivity contribution < 1.29 is 17.6 Å². The minimum Gasteiger partial charge on any atom is -0.389 e. The molecule has 0 amide bonds. The SMILES string of the molecule is O=c1[nH]c2cc(C(F)(F)F)cnc2o1. The van der Waals surface area contributed by atoms with E-state index in [1.807, 2.05) is 0 Å². The zero-order valence-electron chi connectivity index (χ0n) is 6.55. The maximum absolute atomic E-state index is 12.2. The van der Waals surface area contributed by atoms with Gasteiger partial charge >= 0.3 is 11.9 Å². The van der Waals surface area contributed by atoms with Crippen molar-refractivity contribution in [3.63, 3.8) is 0 Å². The first-order chi connectivity index (χ1) is 6.47. The Hall–Kier alpha value is -1.79. The first-order valence-corrected chi connectivity index (χ1v) is 3.53. The normalized spacial score (nSPS) is 12.2. The number of hydrogen-bond donors (Lipinski definition) is 1. The summed E-state index contributed by atoms with van der Waals surface area (Å²) in [6, 6.07) is 0.771. The Balaban J connectivity index is 2.67. The standard InChI is InChI=1S/C7H3F3N2O2/c8-7(9,10)3-1-4-5(11-2-3)14-6(13)12-4/h1-2H,(H,12,13). The monoisotopic (exact) mass is 204 g/mol. The van der Waals surface area contributed by atoms with E-state index in [0.29, 0.717) is 6.20 Å². The van der Waals surface area contributed by atoms with E-state index < -0.39 is 17.5 Å². The lowest BCUT2D eigenvalue weighted by Gasteiger charge is -2.03. The largest absolute Gasteiger partial charge is 0.418 e. The zero-order valence-corrected chi connectivity index (χ0v) is 6.55. The maximum atomic E-state index is 12.2. The van der Waals surface area contributed by atoms with E-state index >= 15 is 0 Å². The molecular weight excluding hydrogens is 201 g/mol. The summed E-state index contributed by atoms with van der Waals surface area (Å²) in [7, 11) is 0. The summed E-state index contributed by atoms with van der Waals surface area (Å²) in [5.41, 5.74) is -1.13. The van der Waals surface area contributed by atoms with Crippen LogP contribution in [0.3, 0.4) is 0 Å². The quantitative estimate of drug-likeness (QED) is 0.707. The number of aromatic amines is 1. The number of hydrogen-bond acceptors (Lipinski definition) is 3. The number of aromatic nitrogens is 2. The van der Waals surface area contributed by atoms with Gasteiger partial charge in [-0.25, -0.2) is 9.78 Å². The summed E-state index contributed by atoms with van der Waals surface area (Å²) in [6.45, 7) is 0. The Morgan fingerprint density at radius 3 is 2.79 bits per heavy atom. The van der Waals surface area contributed by atoms with Gasteiger partial charge in [0, 0.05) is 6.20 Å².